The van der Waals surface area contributed by atoms with E-state index in [9.17, 15) is 9.90 Å². The Labute approximate surface area is 188 Å². The maximum absolute atomic E-state index is 11.6. The number of aliphatic hydroxyl groups is 1. The minimum absolute atomic E-state index is 0.363. The molecular formula is C27H26N2O3. The summed E-state index contributed by atoms with van der Waals surface area (Å²) >= 11 is 0. The van der Waals surface area contributed by atoms with Crippen molar-refractivity contribution < 1.29 is 14.6 Å². The van der Waals surface area contributed by atoms with Gasteiger partial charge >= 0.3 is 5.97 Å². The second-order valence-corrected chi connectivity index (χ2v) is 7.73. The maximum atomic E-state index is 11.6. The number of allylic oxidation sites excluding steroid dienone is 2. The van der Waals surface area contributed by atoms with E-state index in [4.69, 9.17) is 9.72 Å². The average molecular weight is 427 g/mol. The summed E-state index contributed by atoms with van der Waals surface area (Å²) in [5.41, 5.74) is 3.41. The van der Waals surface area contributed by atoms with Crippen LogP contribution in [0.15, 0.2) is 85.1 Å². The molecule has 1 N–H and O–H groups in total. The second-order valence-electron chi connectivity index (χ2n) is 7.73. The minimum atomic E-state index is -1.05. The second kappa shape index (κ2) is 9.20. The fraction of sp³-hybridized carbons (Fsp3) is 0.185. The normalized spacial score (nSPS) is 18.0. The van der Waals surface area contributed by atoms with Crippen LogP contribution in [0.4, 0.5) is 0 Å². The molecule has 2 aromatic carbocycles. The zero-order valence-corrected chi connectivity index (χ0v) is 18.2. The summed E-state index contributed by atoms with van der Waals surface area (Å²) in [7, 11) is 1.37. The zero-order chi connectivity index (χ0) is 22.6. The molecule has 32 heavy (non-hydrogen) atoms. The van der Waals surface area contributed by atoms with Crippen molar-refractivity contribution in [2.75, 3.05) is 7.11 Å². The number of carbonyl (C=O) groups excluding carboxylic acids is 1. The lowest BCUT2D eigenvalue weighted by Crippen LogP contribution is -2.23. The fourth-order valence-electron chi connectivity index (χ4n) is 3.68. The first-order valence-electron chi connectivity index (χ1n) is 10.6. The number of carbonyl (C=O) groups is 1. The molecule has 0 spiro atoms. The van der Waals surface area contributed by atoms with Crippen molar-refractivity contribution in [3.63, 3.8) is 0 Å². The molecule has 0 saturated carbocycles. The molecule has 162 valence electrons. The summed E-state index contributed by atoms with van der Waals surface area (Å²) in [6, 6.07) is 17.3. The topological polar surface area (TPSA) is 64.4 Å². The van der Waals surface area contributed by atoms with E-state index >= 15 is 0 Å². The largest absolute Gasteiger partial charge is 0.465 e. The van der Waals surface area contributed by atoms with Gasteiger partial charge in [-0.2, -0.15) is 0 Å². The number of imidazole rings is 1. The van der Waals surface area contributed by atoms with E-state index in [-0.39, 0.29) is 5.97 Å². The number of benzene rings is 2. The molecule has 1 aliphatic carbocycles. The van der Waals surface area contributed by atoms with Gasteiger partial charge in [0.1, 0.15) is 11.4 Å². The third-order valence-corrected chi connectivity index (χ3v) is 5.58. The van der Waals surface area contributed by atoms with Crippen molar-refractivity contribution in [1.29, 1.82) is 0 Å². The number of rotatable bonds is 6. The standard InChI is InChI=1S/C27H26N2O3/c1-3-29-19-24(22-9-11-23(12-10-22)26(30)32-2)28-25(29)15-18-27(31)16-13-21(14-17-27)20-7-5-4-6-8-20/h4-16,18-19,31H,3,17H2,1-2H3/b18-15+. The van der Waals surface area contributed by atoms with Crippen LogP contribution in [-0.4, -0.2) is 33.3 Å². The molecule has 1 aliphatic rings. The molecule has 3 aromatic rings. The van der Waals surface area contributed by atoms with Crippen LogP contribution in [0.3, 0.4) is 0 Å². The monoisotopic (exact) mass is 426 g/mol. The van der Waals surface area contributed by atoms with Crippen LogP contribution in [0.2, 0.25) is 0 Å². The highest BCUT2D eigenvalue weighted by Crippen LogP contribution is 2.28. The Morgan fingerprint density at radius 1 is 1.16 bits per heavy atom. The minimum Gasteiger partial charge on any atom is -0.465 e. The summed E-state index contributed by atoms with van der Waals surface area (Å²) in [6.45, 7) is 2.80. The van der Waals surface area contributed by atoms with Crippen LogP contribution in [-0.2, 0) is 11.3 Å². The molecule has 0 saturated heterocycles. The van der Waals surface area contributed by atoms with E-state index in [1.807, 2.05) is 66.2 Å². The first-order valence-corrected chi connectivity index (χ1v) is 10.6. The number of esters is 1. The lowest BCUT2D eigenvalue weighted by atomic mass is 9.89. The Morgan fingerprint density at radius 2 is 1.91 bits per heavy atom. The number of methoxy groups -OCH3 is 1. The number of aromatic nitrogens is 2. The molecule has 0 aliphatic heterocycles. The van der Waals surface area contributed by atoms with Crippen LogP contribution < -0.4 is 0 Å². The quantitative estimate of drug-likeness (QED) is 0.554. The summed E-state index contributed by atoms with van der Waals surface area (Å²) in [4.78, 5) is 16.4. The van der Waals surface area contributed by atoms with Crippen LogP contribution in [0.25, 0.3) is 22.9 Å². The molecule has 1 unspecified atom stereocenters. The van der Waals surface area contributed by atoms with Gasteiger partial charge in [-0.3, -0.25) is 0 Å². The lowest BCUT2D eigenvalue weighted by Gasteiger charge is -2.23. The third-order valence-electron chi connectivity index (χ3n) is 5.58. The van der Waals surface area contributed by atoms with E-state index in [0.29, 0.717) is 12.0 Å². The Balaban J connectivity index is 1.52. The average Bonchev–Trinajstić information content (AvgIpc) is 3.27. The van der Waals surface area contributed by atoms with Crippen molar-refractivity contribution in [2.24, 2.45) is 0 Å². The molecule has 1 atom stereocenters. The Bertz CT molecular complexity index is 1190. The fourth-order valence-corrected chi connectivity index (χ4v) is 3.68. The molecule has 5 nitrogen and oxygen atoms in total. The van der Waals surface area contributed by atoms with E-state index < -0.39 is 5.60 Å². The first-order chi connectivity index (χ1) is 15.5. The third kappa shape index (κ3) is 4.63. The molecule has 0 amide bonds. The van der Waals surface area contributed by atoms with Crippen LogP contribution >= 0.6 is 0 Å². The summed E-state index contributed by atoms with van der Waals surface area (Å²) < 4.78 is 6.78. The zero-order valence-electron chi connectivity index (χ0n) is 18.2. The number of nitrogens with zero attached hydrogens (tertiary/aromatic N) is 2. The van der Waals surface area contributed by atoms with Crippen molar-refractivity contribution in [2.45, 2.75) is 25.5 Å². The molecule has 0 fully saturated rings. The van der Waals surface area contributed by atoms with Gasteiger partial charge in [0.05, 0.1) is 18.4 Å². The highest BCUT2D eigenvalue weighted by molar-refractivity contribution is 5.89. The Kier molecular flexibility index (Phi) is 6.19. The Hall–Kier alpha value is -3.70. The molecular weight excluding hydrogens is 400 g/mol. The van der Waals surface area contributed by atoms with Gasteiger partial charge in [0, 0.05) is 24.7 Å². The van der Waals surface area contributed by atoms with E-state index in [1.54, 1.807) is 18.2 Å². The van der Waals surface area contributed by atoms with Crippen molar-refractivity contribution in [3.05, 3.63) is 102 Å². The van der Waals surface area contributed by atoms with Gasteiger partial charge in [0.15, 0.2) is 0 Å². The van der Waals surface area contributed by atoms with Crippen LogP contribution in [0.5, 0.6) is 0 Å². The number of aryl methyl sites for hydroxylation is 1. The first kappa shape index (κ1) is 21.5. The van der Waals surface area contributed by atoms with E-state index in [1.165, 1.54) is 7.11 Å². The molecule has 0 radical (unpaired) electrons. The van der Waals surface area contributed by atoms with Gasteiger partial charge in [-0.05, 0) is 48.4 Å². The van der Waals surface area contributed by atoms with Gasteiger partial charge in [-0.25, -0.2) is 9.78 Å². The van der Waals surface area contributed by atoms with Crippen LogP contribution in [0.1, 0.15) is 35.1 Å². The number of hydrogen-bond donors (Lipinski definition) is 1. The highest BCUT2D eigenvalue weighted by Gasteiger charge is 2.22. The van der Waals surface area contributed by atoms with Gasteiger partial charge in [0.2, 0.25) is 0 Å². The van der Waals surface area contributed by atoms with Crippen LogP contribution in [0, 0.1) is 0 Å². The molecule has 1 heterocycles. The van der Waals surface area contributed by atoms with Crippen molar-refractivity contribution in [3.8, 4) is 11.3 Å². The highest BCUT2D eigenvalue weighted by atomic mass is 16.5. The van der Waals surface area contributed by atoms with Gasteiger partial charge in [0.25, 0.3) is 0 Å². The van der Waals surface area contributed by atoms with Crippen molar-refractivity contribution >= 4 is 17.6 Å². The predicted molar refractivity (Wildman–Crippen MR) is 127 cm³/mol. The lowest BCUT2D eigenvalue weighted by molar-refractivity contribution is 0.0600. The summed E-state index contributed by atoms with van der Waals surface area (Å²) in [5, 5.41) is 11.0. The Morgan fingerprint density at radius 3 is 2.53 bits per heavy atom. The smallest absolute Gasteiger partial charge is 0.337 e. The van der Waals surface area contributed by atoms with Gasteiger partial charge in [-0.15, -0.1) is 0 Å². The summed E-state index contributed by atoms with van der Waals surface area (Å²) in [5.74, 6) is 0.400. The molecule has 4 rings (SSSR count). The SMILES string of the molecule is CCn1cc(-c2ccc(C(=O)OC)cc2)nc1/C=C/C1(O)C=CC(c2ccccc2)=CC1. The molecule has 5 heteroatoms. The van der Waals surface area contributed by atoms with E-state index in [0.717, 1.165) is 34.8 Å². The number of hydrogen-bond acceptors (Lipinski definition) is 4. The van der Waals surface area contributed by atoms with Gasteiger partial charge in [-0.1, -0.05) is 54.6 Å². The maximum Gasteiger partial charge on any atom is 0.337 e. The molecule has 0 bridgehead atoms. The van der Waals surface area contributed by atoms with Crippen molar-refractivity contribution in [1.82, 2.24) is 9.55 Å². The van der Waals surface area contributed by atoms with Gasteiger partial charge < -0.3 is 14.4 Å². The summed E-state index contributed by atoms with van der Waals surface area (Å²) in [6.07, 6.45) is 12.0. The number of ether oxygens (including phenoxy) is 1. The van der Waals surface area contributed by atoms with E-state index in [2.05, 4.69) is 18.2 Å². The molecule has 1 aromatic heterocycles. The predicted octanol–water partition coefficient (Wildman–Crippen LogP) is 5.14.